The van der Waals surface area contributed by atoms with E-state index in [1.165, 1.54) is 0 Å². The summed E-state index contributed by atoms with van der Waals surface area (Å²) in [5, 5.41) is 12.9. The monoisotopic (exact) mass is 245 g/mol. The Kier molecular flexibility index (Phi) is 9.03. The smallest absolute Gasteiger partial charge is 0.223 e. The molecule has 0 rings (SSSR count). The van der Waals surface area contributed by atoms with E-state index < -0.39 is 0 Å². The first-order valence-electron chi connectivity index (χ1n) is 6.32. The highest BCUT2D eigenvalue weighted by molar-refractivity contribution is 5.75. The number of likely N-dealkylation sites (N-methyl/N-ethyl adjacent to an activating group) is 1. The van der Waals surface area contributed by atoms with Gasteiger partial charge in [0.05, 0.1) is 6.10 Å². The van der Waals surface area contributed by atoms with Crippen LogP contribution in [0.3, 0.4) is 0 Å². The summed E-state index contributed by atoms with van der Waals surface area (Å²) in [6.07, 6.45) is 0.106. The third kappa shape index (κ3) is 8.12. The SMILES string of the molecule is CCN(CC)CC(O)CNCCC(=O)N(C)C. The Morgan fingerprint density at radius 2 is 1.88 bits per heavy atom. The zero-order chi connectivity index (χ0) is 13.3. The van der Waals surface area contributed by atoms with Crippen LogP contribution in [-0.4, -0.2) is 73.7 Å². The zero-order valence-electron chi connectivity index (χ0n) is 11.6. The van der Waals surface area contributed by atoms with Crippen LogP contribution in [0.4, 0.5) is 0 Å². The lowest BCUT2D eigenvalue weighted by atomic mass is 10.3. The molecule has 1 atom stereocenters. The topological polar surface area (TPSA) is 55.8 Å². The minimum atomic E-state index is -0.371. The third-order valence-corrected chi connectivity index (χ3v) is 2.76. The number of nitrogens with one attached hydrogen (secondary N) is 1. The van der Waals surface area contributed by atoms with Crippen molar-refractivity contribution in [3.05, 3.63) is 0 Å². The van der Waals surface area contributed by atoms with Crippen LogP contribution < -0.4 is 5.32 Å². The second-order valence-corrected chi connectivity index (χ2v) is 4.38. The van der Waals surface area contributed by atoms with Gasteiger partial charge in [0, 0.05) is 40.2 Å². The van der Waals surface area contributed by atoms with Gasteiger partial charge >= 0.3 is 0 Å². The molecule has 5 heteroatoms. The van der Waals surface area contributed by atoms with Crippen molar-refractivity contribution < 1.29 is 9.90 Å². The number of carbonyl (C=O) groups is 1. The molecule has 17 heavy (non-hydrogen) atoms. The quantitative estimate of drug-likeness (QED) is 0.550. The zero-order valence-corrected chi connectivity index (χ0v) is 11.6. The Hall–Kier alpha value is -0.650. The molecule has 0 aromatic rings. The number of aliphatic hydroxyl groups is 1. The number of carbonyl (C=O) groups excluding carboxylic acids is 1. The van der Waals surface area contributed by atoms with E-state index in [1.807, 2.05) is 0 Å². The summed E-state index contributed by atoms with van der Waals surface area (Å²) >= 11 is 0. The molecule has 0 fully saturated rings. The maximum Gasteiger partial charge on any atom is 0.223 e. The minimum Gasteiger partial charge on any atom is -0.390 e. The lowest BCUT2D eigenvalue weighted by Crippen LogP contribution is -2.39. The summed E-state index contributed by atoms with van der Waals surface area (Å²) < 4.78 is 0. The molecule has 0 saturated heterocycles. The summed E-state index contributed by atoms with van der Waals surface area (Å²) in [6.45, 7) is 7.91. The maximum absolute atomic E-state index is 11.3. The number of amides is 1. The molecule has 1 amide bonds. The molecule has 2 N–H and O–H groups in total. The van der Waals surface area contributed by atoms with Crippen LogP contribution in [0.1, 0.15) is 20.3 Å². The molecule has 0 saturated carbocycles. The van der Waals surface area contributed by atoms with Gasteiger partial charge in [0.15, 0.2) is 0 Å². The predicted octanol–water partition coefficient (Wildman–Crippen LogP) is -0.243. The molecule has 0 spiro atoms. The van der Waals surface area contributed by atoms with Crippen LogP contribution >= 0.6 is 0 Å². The lowest BCUT2D eigenvalue weighted by Gasteiger charge is -2.22. The van der Waals surface area contributed by atoms with E-state index in [0.717, 1.165) is 13.1 Å². The number of rotatable bonds is 9. The van der Waals surface area contributed by atoms with Crippen LogP contribution in [0.15, 0.2) is 0 Å². The highest BCUT2D eigenvalue weighted by Gasteiger charge is 2.09. The molecule has 0 aliphatic rings. The van der Waals surface area contributed by atoms with Gasteiger partial charge in [0.2, 0.25) is 5.91 Å². The number of hydrogen-bond acceptors (Lipinski definition) is 4. The van der Waals surface area contributed by atoms with Gasteiger partial charge in [-0.1, -0.05) is 13.8 Å². The van der Waals surface area contributed by atoms with Gasteiger partial charge < -0.3 is 20.2 Å². The molecule has 0 bridgehead atoms. The van der Waals surface area contributed by atoms with Gasteiger partial charge in [0.1, 0.15) is 0 Å². The Morgan fingerprint density at radius 3 is 2.35 bits per heavy atom. The van der Waals surface area contributed by atoms with Crippen LogP contribution in [0.5, 0.6) is 0 Å². The highest BCUT2D eigenvalue weighted by atomic mass is 16.3. The summed E-state index contributed by atoms with van der Waals surface area (Å²) in [4.78, 5) is 15.0. The van der Waals surface area contributed by atoms with Gasteiger partial charge in [-0.15, -0.1) is 0 Å². The highest BCUT2D eigenvalue weighted by Crippen LogP contribution is 1.91. The first kappa shape index (κ1) is 16.4. The standard InChI is InChI=1S/C12H27N3O2/c1-5-15(6-2)10-11(16)9-13-8-7-12(17)14(3)4/h11,13,16H,5-10H2,1-4H3. The predicted molar refractivity (Wildman–Crippen MR) is 70.0 cm³/mol. The second kappa shape index (κ2) is 9.39. The molecular weight excluding hydrogens is 218 g/mol. The van der Waals surface area contributed by atoms with E-state index >= 15 is 0 Å². The molecule has 0 aliphatic heterocycles. The van der Waals surface area contributed by atoms with Crippen molar-refractivity contribution >= 4 is 5.91 Å². The first-order chi connectivity index (χ1) is 8.01. The molecule has 0 radical (unpaired) electrons. The van der Waals surface area contributed by atoms with E-state index in [1.54, 1.807) is 19.0 Å². The van der Waals surface area contributed by atoms with E-state index in [2.05, 4.69) is 24.1 Å². The fourth-order valence-electron chi connectivity index (χ4n) is 1.53. The van der Waals surface area contributed by atoms with Crippen molar-refractivity contribution in [3.63, 3.8) is 0 Å². The fourth-order valence-corrected chi connectivity index (χ4v) is 1.53. The van der Waals surface area contributed by atoms with Crippen molar-refractivity contribution in [1.82, 2.24) is 15.1 Å². The largest absolute Gasteiger partial charge is 0.390 e. The summed E-state index contributed by atoms with van der Waals surface area (Å²) in [7, 11) is 3.50. The number of aliphatic hydroxyl groups excluding tert-OH is 1. The van der Waals surface area contributed by atoms with Gasteiger partial charge in [-0.05, 0) is 13.1 Å². The number of hydrogen-bond donors (Lipinski definition) is 2. The van der Waals surface area contributed by atoms with E-state index in [-0.39, 0.29) is 12.0 Å². The van der Waals surface area contributed by atoms with Crippen molar-refractivity contribution in [1.29, 1.82) is 0 Å². The first-order valence-corrected chi connectivity index (χ1v) is 6.32. The molecule has 0 aromatic carbocycles. The Morgan fingerprint density at radius 1 is 1.29 bits per heavy atom. The van der Waals surface area contributed by atoms with Crippen LogP contribution in [0.2, 0.25) is 0 Å². The Balaban J connectivity index is 3.57. The lowest BCUT2D eigenvalue weighted by molar-refractivity contribution is -0.128. The second-order valence-electron chi connectivity index (χ2n) is 4.38. The van der Waals surface area contributed by atoms with Crippen molar-refractivity contribution in [2.24, 2.45) is 0 Å². The van der Waals surface area contributed by atoms with E-state index in [4.69, 9.17) is 0 Å². The average Bonchev–Trinajstić information content (AvgIpc) is 2.31. The van der Waals surface area contributed by atoms with Gasteiger partial charge in [0.25, 0.3) is 0 Å². The minimum absolute atomic E-state index is 0.107. The van der Waals surface area contributed by atoms with Crippen LogP contribution in [0, 0.1) is 0 Å². The molecule has 0 aliphatic carbocycles. The van der Waals surface area contributed by atoms with Crippen molar-refractivity contribution in [2.45, 2.75) is 26.4 Å². The summed E-state index contributed by atoms with van der Waals surface area (Å²) in [5.74, 6) is 0.107. The fraction of sp³-hybridized carbons (Fsp3) is 0.917. The normalized spacial score (nSPS) is 12.8. The molecular formula is C12H27N3O2. The van der Waals surface area contributed by atoms with Crippen molar-refractivity contribution in [3.8, 4) is 0 Å². The molecule has 5 nitrogen and oxygen atoms in total. The van der Waals surface area contributed by atoms with Crippen LogP contribution in [0.25, 0.3) is 0 Å². The average molecular weight is 245 g/mol. The third-order valence-electron chi connectivity index (χ3n) is 2.76. The molecule has 0 heterocycles. The van der Waals surface area contributed by atoms with Gasteiger partial charge in [-0.2, -0.15) is 0 Å². The molecule has 102 valence electrons. The summed E-state index contributed by atoms with van der Waals surface area (Å²) in [6, 6.07) is 0. The van der Waals surface area contributed by atoms with Crippen LogP contribution in [-0.2, 0) is 4.79 Å². The molecule has 1 unspecified atom stereocenters. The Bertz CT molecular complexity index is 206. The summed E-state index contributed by atoms with van der Waals surface area (Å²) in [5.41, 5.74) is 0. The Labute approximate surface area is 105 Å². The molecule has 0 aromatic heterocycles. The maximum atomic E-state index is 11.3. The number of nitrogens with zero attached hydrogens (tertiary/aromatic N) is 2. The van der Waals surface area contributed by atoms with E-state index in [0.29, 0.717) is 26.1 Å². The van der Waals surface area contributed by atoms with Crippen molar-refractivity contribution in [2.75, 3.05) is 46.8 Å². The van der Waals surface area contributed by atoms with E-state index in [9.17, 15) is 9.90 Å². The van der Waals surface area contributed by atoms with Gasteiger partial charge in [-0.25, -0.2) is 0 Å². The van der Waals surface area contributed by atoms with Gasteiger partial charge in [-0.3, -0.25) is 4.79 Å².